The normalized spacial score (nSPS) is 18.5. The number of hydrogen-bond acceptors (Lipinski definition) is 3. The Morgan fingerprint density at radius 3 is 1.70 bits per heavy atom. The Hall–Kier alpha value is -6.04. The highest BCUT2D eigenvalue weighted by Gasteiger charge is 2.50. The molecule has 0 atom stereocenters. The number of hydrogen-bond donors (Lipinski definition) is 0. The third-order valence-electron chi connectivity index (χ3n) is 17.2. The standard InChI is InChI=1S/C61H56BN3S/c1-35-23-25-40-49(31-35)66-57-53(40)64(36-17-11-10-12-18-36)56-51-39-20-14-16-22-47(39)65-46-21-15-13-19-38(46)50(54(51)65)55-52(56)62(57)45-33-43-44(61(8,9)30-29-60(43,6)7)34-48(45)63(55)37-24-26-41-42(32-37)59(4,5)28-27-58(41,2)3/h10-26,31-34H,27-30H2,1-9H3. The highest BCUT2D eigenvalue weighted by Crippen LogP contribution is 2.58. The maximum atomic E-state index is 2.78. The van der Waals surface area contributed by atoms with Crippen LogP contribution >= 0.6 is 11.3 Å². The van der Waals surface area contributed by atoms with E-state index in [4.69, 9.17) is 0 Å². The molecule has 324 valence electrons. The maximum absolute atomic E-state index is 2.78. The van der Waals surface area contributed by atoms with Crippen LogP contribution in [0.5, 0.6) is 0 Å². The van der Waals surface area contributed by atoms with Crippen LogP contribution in [0, 0.1) is 6.92 Å². The summed E-state index contributed by atoms with van der Waals surface area (Å²) in [5.41, 5.74) is 22.1. The van der Waals surface area contributed by atoms with Crippen LogP contribution in [0.3, 0.4) is 0 Å². The quantitative estimate of drug-likeness (QED) is 0.160. The summed E-state index contributed by atoms with van der Waals surface area (Å²) in [5, 5.41) is 6.66. The third kappa shape index (κ3) is 4.90. The van der Waals surface area contributed by atoms with E-state index in [-0.39, 0.29) is 28.4 Å². The van der Waals surface area contributed by atoms with Crippen molar-refractivity contribution in [2.24, 2.45) is 0 Å². The molecule has 0 amide bonds. The van der Waals surface area contributed by atoms with Gasteiger partial charge in [0, 0.05) is 53.5 Å². The smallest absolute Gasteiger partial charge is 0.264 e. The molecule has 0 bridgehead atoms. The second-order valence-corrected chi connectivity index (χ2v) is 24.1. The summed E-state index contributed by atoms with van der Waals surface area (Å²) < 4.78 is 5.41. The van der Waals surface area contributed by atoms with Crippen molar-refractivity contribution < 1.29 is 0 Å². The first kappa shape index (κ1) is 39.2. The van der Waals surface area contributed by atoms with Crippen molar-refractivity contribution in [3.8, 4) is 0 Å². The van der Waals surface area contributed by atoms with E-state index in [0.29, 0.717) is 0 Å². The molecule has 0 N–H and O–H groups in total. The Morgan fingerprint density at radius 2 is 1.05 bits per heavy atom. The van der Waals surface area contributed by atoms with E-state index >= 15 is 0 Å². The number of anilines is 6. The number of aryl methyl sites for hydroxylation is 1. The van der Waals surface area contributed by atoms with Gasteiger partial charge in [-0.3, -0.25) is 0 Å². The third-order valence-corrected chi connectivity index (χ3v) is 18.4. The van der Waals surface area contributed by atoms with E-state index in [2.05, 4.69) is 204 Å². The van der Waals surface area contributed by atoms with Crippen LogP contribution in [0.15, 0.2) is 127 Å². The van der Waals surface area contributed by atoms with Crippen LogP contribution in [-0.4, -0.2) is 11.1 Å². The van der Waals surface area contributed by atoms with Crippen molar-refractivity contribution in [1.29, 1.82) is 0 Å². The van der Waals surface area contributed by atoms with Gasteiger partial charge >= 0.3 is 0 Å². The summed E-state index contributed by atoms with van der Waals surface area (Å²) in [7, 11) is 0. The van der Waals surface area contributed by atoms with Gasteiger partial charge in [0.25, 0.3) is 6.71 Å². The Labute approximate surface area is 393 Å². The lowest BCUT2D eigenvalue weighted by atomic mass is 9.35. The van der Waals surface area contributed by atoms with Crippen LogP contribution in [0.25, 0.3) is 48.2 Å². The molecule has 0 unspecified atom stereocenters. The molecular formula is C61H56BN3S. The van der Waals surface area contributed by atoms with E-state index in [1.54, 1.807) is 0 Å². The number of aromatic nitrogens is 1. The highest BCUT2D eigenvalue weighted by molar-refractivity contribution is 7.33. The van der Waals surface area contributed by atoms with E-state index in [1.807, 2.05) is 11.3 Å². The molecule has 2 aliphatic heterocycles. The van der Waals surface area contributed by atoms with Gasteiger partial charge in [-0.1, -0.05) is 134 Å². The van der Waals surface area contributed by atoms with Crippen LogP contribution in [0.4, 0.5) is 34.1 Å². The molecule has 5 heteroatoms. The summed E-state index contributed by atoms with van der Waals surface area (Å²) in [6.07, 6.45) is 4.71. The second kappa shape index (κ2) is 12.7. The summed E-state index contributed by atoms with van der Waals surface area (Å²) in [4.78, 5) is 5.48. The average molecular weight is 874 g/mol. The van der Waals surface area contributed by atoms with Gasteiger partial charge in [-0.05, 0) is 142 Å². The lowest BCUT2D eigenvalue weighted by molar-refractivity contribution is 0.332. The summed E-state index contributed by atoms with van der Waals surface area (Å²) in [5.74, 6) is 0. The lowest BCUT2D eigenvalue weighted by Crippen LogP contribution is -2.61. The van der Waals surface area contributed by atoms with Crippen LogP contribution < -0.4 is 25.5 Å². The molecule has 0 radical (unpaired) electrons. The molecule has 3 aromatic heterocycles. The molecule has 7 aromatic carbocycles. The first-order valence-electron chi connectivity index (χ1n) is 24.4. The van der Waals surface area contributed by atoms with Gasteiger partial charge in [-0.25, -0.2) is 0 Å². The minimum Gasteiger partial charge on any atom is -0.311 e. The zero-order valence-corrected chi connectivity index (χ0v) is 40.6. The minimum absolute atomic E-state index is 0.0172. The predicted molar refractivity (Wildman–Crippen MR) is 286 cm³/mol. The van der Waals surface area contributed by atoms with E-state index in [9.17, 15) is 0 Å². The number of rotatable bonds is 2. The topological polar surface area (TPSA) is 10.9 Å². The zero-order chi connectivity index (χ0) is 45.0. The molecule has 0 saturated carbocycles. The molecule has 3 nitrogen and oxygen atoms in total. The van der Waals surface area contributed by atoms with Gasteiger partial charge in [0.15, 0.2) is 0 Å². The molecule has 0 fully saturated rings. The molecule has 2 aliphatic carbocycles. The number of nitrogens with zero attached hydrogens (tertiary/aromatic N) is 3. The Kier molecular flexibility index (Phi) is 7.53. The largest absolute Gasteiger partial charge is 0.311 e. The fraction of sp³-hybridized carbons (Fsp3) is 0.279. The number of thiophene rings is 1. The number of benzene rings is 7. The zero-order valence-electron chi connectivity index (χ0n) is 39.8. The second-order valence-electron chi connectivity index (χ2n) is 23.1. The first-order chi connectivity index (χ1) is 31.6. The van der Waals surface area contributed by atoms with Crippen molar-refractivity contribution in [1.82, 2.24) is 4.40 Å². The summed E-state index contributed by atoms with van der Waals surface area (Å²) in [6.45, 7) is 22.2. The van der Waals surface area contributed by atoms with E-state index in [1.165, 1.54) is 152 Å². The van der Waals surface area contributed by atoms with Crippen LogP contribution in [-0.2, 0) is 21.7 Å². The van der Waals surface area contributed by atoms with Gasteiger partial charge in [0.2, 0.25) is 0 Å². The average Bonchev–Trinajstić information content (AvgIpc) is 3.96. The van der Waals surface area contributed by atoms with Crippen molar-refractivity contribution in [3.05, 3.63) is 155 Å². The van der Waals surface area contributed by atoms with Crippen molar-refractivity contribution >= 4 is 116 Å². The molecule has 5 heterocycles. The van der Waals surface area contributed by atoms with Crippen molar-refractivity contribution in [2.45, 2.75) is 110 Å². The first-order valence-corrected chi connectivity index (χ1v) is 25.2. The molecule has 4 aliphatic rings. The minimum atomic E-state index is 0.0172. The Bertz CT molecular complexity index is 3750. The maximum Gasteiger partial charge on any atom is 0.264 e. The Balaban J connectivity index is 1.25. The van der Waals surface area contributed by atoms with E-state index in [0.717, 1.165) is 0 Å². The summed E-state index contributed by atoms with van der Waals surface area (Å²) in [6, 6.07) is 50.0. The SMILES string of the molecule is Cc1ccc2c3c(sc2c1)B1c2cc4c(cc2N(c2ccc5c(c2)C(C)(C)CCC5(C)C)c2c1c(c1c5ccccc5n5c6ccccc6c2c15)N3c1ccccc1)C(C)(C)CCC4(C)C. The molecule has 14 rings (SSSR count). The monoisotopic (exact) mass is 873 g/mol. The van der Waals surface area contributed by atoms with Gasteiger partial charge in [0.05, 0.1) is 33.6 Å². The lowest BCUT2D eigenvalue weighted by Gasteiger charge is -2.47. The predicted octanol–water partition coefficient (Wildman–Crippen LogP) is 15.1. The fourth-order valence-electron chi connectivity index (χ4n) is 13.5. The van der Waals surface area contributed by atoms with Gasteiger partial charge in [0.1, 0.15) is 0 Å². The van der Waals surface area contributed by atoms with Gasteiger partial charge in [-0.15, -0.1) is 11.3 Å². The van der Waals surface area contributed by atoms with Crippen LogP contribution in [0.2, 0.25) is 0 Å². The highest BCUT2D eigenvalue weighted by atomic mass is 32.1. The van der Waals surface area contributed by atoms with E-state index < -0.39 is 0 Å². The molecule has 10 aromatic rings. The van der Waals surface area contributed by atoms with Gasteiger partial charge < -0.3 is 14.2 Å². The van der Waals surface area contributed by atoms with Gasteiger partial charge in [-0.2, -0.15) is 0 Å². The van der Waals surface area contributed by atoms with Crippen molar-refractivity contribution in [2.75, 3.05) is 9.80 Å². The van der Waals surface area contributed by atoms with Crippen LogP contribution in [0.1, 0.15) is 109 Å². The molecule has 0 saturated heterocycles. The molecule has 0 spiro atoms. The Morgan fingerprint density at radius 1 is 0.485 bits per heavy atom. The number of para-hydroxylation sites is 3. The summed E-state index contributed by atoms with van der Waals surface area (Å²) >= 11 is 2.02. The fourth-order valence-corrected chi connectivity index (χ4v) is 14.9. The number of fused-ring (bicyclic) bond motifs is 16. The molecular weight excluding hydrogens is 818 g/mol. The van der Waals surface area contributed by atoms with Crippen molar-refractivity contribution in [3.63, 3.8) is 0 Å². The molecule has 66 heavy (non-hydrogen) atoms.